The first-order valence-electron chi connectivity index (χ1n) is 11.5. The molecule has 3 aromatic rings. The predicted octanol–water partition coefficient (Wildman–Crippen LogP) is 2.83. The maximum Gasteiger partial charge on any atom is 0.146 e. The molecule has 7 nitrogen and oxygen atoms in total. The number of aromatic nitrogens is 3. The van der Waals surface area contributed by atoms with Crippen molar-refractivity contribution in [1.82, 2.24) is 24.8 Å². The third-order valence-corrected chi connectivity index (χ3v) is 7.18. The Balaban J connectivity index is 1.27. The first-order valence-corrected chi connectivity index (χ1v) is 11.5. The summed E-state index contributed by atoms with van der Waals surface area (Å²) >= 11 is 0. The van der Waals surface area contributed by atoms with Crippen LogP contribution in [0.4, 0.5) is 5.82 Å². The normalized spacial score (nSPS) is 24.0. The van der Waals surface area contributed by atoms with Crippen LogP contribution in [-0.2, 0) is 11.3 Å². The second-order valence-corrected chi connectivity index (χ2v) is 9.37. The molecule has 6 rings (SSSR count). The molecule has 0 unspecified atom stereocenters. The van der Waals surface area contributed by atoms with E-state index in [4.69, 9.17) is 10.5 Å². The van der Waals surface area contributed by atoms with E-state index in [-0.39, 0.29) is 0 Å². The highest BCUT2D eigenvalue weighted by Crippen LogP contribution is 2.43. The molecule has 3 fully saturated rings. The third kappa shape index (κ3) is 3.60. The van der Waals surface area contributed by atoms with E-state index in [1.54, 1.807) is 6.33 Å². The van der Waals surface area contributed by atoms with Gasteiger partial charge in [-0.3, -0.25) is 0 Å². The molecule has 4 heterocycles. The molecule has 3 N–H and O–H groups in total. The fourth-order valence-electron chi connectivity index (χ4n) is 5.08. The lowest BCUT2D eigenvalue weighted by molar-refractivity contribution is -0.00578. The van der Waals surface area contributed by atoms with E-state index in [0.717, 1.165) is 42.3 Å². The van der Waals surface area contributed by atoms with Crippen molar-refractivity contribution in [3.63, 3.8) is 0 Å². The minimum atomic E-state index is 0.470. The van der Waals surface area contributed by atoms with E-state index >= 15 is 0 Å². The molecule has 2 aliphatic heterocycles. The van der Waals surface area contributed by atoms with Crippen molar-refractivity contribution in [2.24, 2.45) is 5.92 Å². The van der Waals surface area contributed by atoms with Gasteiger partial charge in [-0.1, -0.05) is 18.2 Å². The molecule has 1 aliphatic carbocycles. The fraction of sp³-hybridized carbons (Fsp3) is 0.500. The van der Waals surface area contributed by atoms with Gasteiger partial charge in [0.1, 0.15) is 17.8 Å². The highest BCUT2D eigenvalue weighted by molar-refractivity contribution is 6.00. The van der Waals surface area contributed by atoms with E-state index in [1.165, 1.54) is 50.0 Å². The number of nitrogen functional groups attached to an aromatic ring is 1. The van der Waals surface area contributed by atoms with Gasteiger partial charge in [0.2, 0.25) is 0 Å². The summed E-state index contributed by atoms with van der Waals surface area (Å²) in [7, 11) is 0. The van der Waals surface area contributed by atoms with Crippen LogP contribution < -0.4 is 11.1 Å². The minimum absolute atomic E-state index is 0.470. The molecule has 162 valence electrons. The lowest BCUT2D eigenvalue weighted by atomic mass is 9.79. The number of nitrogens with zero attached hydrogens (tertiary/aromatic N) is 4. The van der Waals surface area contributed by atoms with Crippen molar-refractivity contribution in [3.8, 4) is 11.1 Å². The summed E-state index contributed by atoms with van der Waals surface area (Å²) in [4.78, 5) is 11.5. The number of hydrogen-bond donors (Lipinski definition) is 2. The van der Waals surface area contributed by atoms with Crippen LogP contribution in [-0.4, -0.2) is 58.3 Å². The molecule has 2 saturated heterocycles. The Morgan fingerprint density at radius 2 is 2.03 bits per heavy atom. The smallest absolute Gasteiger partial charge is 0.146 e. The van der Waals surface area contributed by atoms with E-state index in [1.807, 2.05) is 0 Å². The van der Waals surface area contributed by atoms with Crippen LogP contribution in [0.25, 0.3) is 22.2 Å². The molecule has 0 radical (unpaired) electrons. The van der Waals surface area contributed by atoms with Gasteiger partial charge in [-0.15, -0.1) is 0 Å². The van der Waals surface area contributed by atoms with Crippen molar-refractivity contribution in [2.45, 2.75) is 37.9 Å². The van der Waals surface area contributed by atoms with Gasteiger partial charge < -0.3 is 25.3 Å². The lowest BCUT2D eigenvalue weighted by Gasteiger charge is -2.42. The molecular formula is C24H30N6O. The summed E-state index contributed by atoms with van der Waals surface area (Å²) in [5.41, 5.74) is 10.9. The number of ether oxygens (including phenoxy) is 1. The SMILES string of the molecule is Nc1ncnc2c1c(-c1cccc(CNC3COC3)c1)cn2[C@H]1C[C@@H](CN2CCC2)C1. The van der Waals surface area contributed by atoms with Gasteiger partial charge in [0.15, 0.2) is 0 Å². The molecule has 0 atom stereocenters. The quantitative estimate of drug-likeness (QED) is 0.614. The van der Waals surface area contributed by atoms with E-state index in [2.05, 4.69) is 55.2 Å². The third-order valence-electron chi connectivity index (χ3n) is 7.18. The van der Waals surface area contributed by atoms with Gasteiger partial charge in [-0.2, -0.15) is 0 Å². The zero-order valence-corrected chi connectivity index (χ0v) is 17.8. The monoisotopic (exact) mass is 418 g/mol. The molecule has 2 aromatic heterocycles. The summed E-state index contributed by atoms with van der Waals surface area (Å²) in [6, 6.07) is 9.68. The number of anilines is 1. The highest BCUT2D eigenvalue weighted by Gasteiger charge is 2.34. The van der Waals surface area contributed by atoms with Crippen LogP contribution in [0.2, 0.25) is 0 Å². The number of likely N-dealkylation sites (tertiary alicyclic amines) is 1. The van der Waals surface area contributed by atoms with Gasteiger partial charge in [-0.25, -0.2) is 9.97 Å². The number of nitrogens with two attached hydrogens (primary N) is 1. The Hall–Kier alpha value is -2.48. The van der Waals surface area contributed by atoms with Gasteiger partial charge in [0, 0.05) is 30.9 Å². The zero-order valence-electron chi connectivity index (χ0n) is 17.8. The van der Waals surface area contributed by atoms with Gasteiger partial charge in [-0.05, 0) is 55.5 Å². The zero-order chi connectivity index (χ0) is 20.8. The van der Waals surface area contributed by atoms with E-state index < -0.39 is 0 Å². The molecule has 0 bridgehead atoms. The van der Waals surface area contributed by atoms with Crippen molar-refractivity contribution >= 4 is 16.9 Å². The minimum Gasteiger partial charge on any atom is -0.383 e. The summed E-state index contributed by atoms with van der Waals surface area (Å²) in [5, 5.41) is 4.53. The molecule has 0 amide bonds. The summed E-state index contributed by atoms with van der Waals surface area (Å²) in [6.45, 7) is 6.26. The van der Waals surface area contributed by atoms with Crippen molar-refractivity contribution in [3.05, 3.63) is 42.4 Å². The van der Waals surface area contributed by atoms with Gasteiger partial charge >= 0.3 is 0 Å². The molecule has 7 heteroatoms. The van der Waals surface area contributed by atoms with Crippen LogP contribution in [0, 0.1) is 5.92 Å². The Kier molecular flexibility index (Phi) is 4.89. The number of rotatable bonds is 7. The van der Waals surface area contributed by atoms with Crippen molar-refractivity contribution in [2.75, 3.05) is 38.6 Å². The van der Waals surface area contributed by atoms with Crippen molar-refractivity contribution in [1.29, 1.82) is 0 Å². The number of hydrogen-bond acceptors (Lipinski definition) is 6. The molecule has 31 heavy (non-hydrogen) atoms. The maximum atomic E-state index is 6.35. The summed E-state index contributed by atoms with van der Waals surface area (Å²) in [6.07, 6.45) is 7.65. The molecular weight excluding hydrogens is 388 g/mol. The standard InChI is InChI=1S/C24H30N6O/c25-23-22-21(18-4-1-3-16(7-18)10-26-19-13-31-14-19)12-30(24(22)28-15-27-23)20-8-17(9-20)11-29-5-2-6-29/h1,3-4,7,12,15,17,19-20,26H,2,5-6,8-11,13-14H2,(H2,25,27,28)/t17-,20+. The Morgan fingerprint density at radius 3 is 2.77 bits per heavy atom. The number of nitrogens with one attached hydrogen (secondary N) is 1. The Bertz CT molecular complexity index is 1080. The fourth-order valence-corrected chi connectivity index (χ4v) is 5.08. The van der Waals surface area contributed by atoms with Gasteiger partial charge in [0.25, 0.3) is 0 Å². The van der Waals surface area contributed by atoms with Crippen molar-refractivity contribution < 1.29 is 4.74 Å². The number of benzene rings is 1. The number of fused-ring (bicyclic) bond motifs is 1. The van der Waals surface area contributed by atoms with Crippen LogP contribution in [0.3, 0.4) is 0 Å². The predicted molar refractivity (Wildman–Crippen MR) is 122 cm³/mol. The first kappa shape index (κ1) is 19.2. The Morgan fingerprint density at radius 1 is 1.16 bits per heavy atom. The van der Waals surface area contributed by atoms with E-state index in [9.17, 15) is 0 Å². The first-order chi connectivity index (χ1) is 15.2. The topological polar surface area (TPSA) is 81.2 Å². The average molecular weight is 419 g/mol. The second-order valence-electron chi connectivity index (χ2n) is 9.37. The molecule has 3 aliphatic rings. The van der Waals surface area contributed by atoms with Crippen LogP contribution in [0.5, 0.6) is 0 Å². The van der Waals surface area contributed by atoms with E-state index in [0.29, 0.717) is 17.9 Å². The molecule has 0 spiro atoms. The summed E-state index contributed by atoms with van der Waals surface area (Å²) in [5.74, 6) is 1.36. The lowest BCUT2D eigenvalue weighted by Crippen LogP contribution is -2.45. The molecule has 1 aromatic carbocycles. The van der Waals surface area contributed by atoms with Crippen LogP contribution in [0.1, 0.15) is 30.9 Å². The maximum absolute atomic E-state index is 6.35. The van der Waals surface area contributed by atoms with Gasteiger partial charge in [0.05, 0.1) is 24.6 Å². The average Bonchev–Trinajstić information content (AvgIpc) is 3.05. The largest absolute Gasteiger partial charge is 0.383 e. The highest BCUT2D eigenvalue weighted by atomic mass is 16.5. The Labute approximate surface area is 182 Å². The summed E-state index contributed by atoms with van der Waals surface area (Å²) < 4.78 is 7.61. The molecule has 1 saturated carbocycles. The second kappa shape index (κ2) is 7.89. The van der Waals surface area contributed by atoms with Crippen LogP contribution in [0.15, 0.2) is 36.8 Å². The van der Waals surface area contributed by atoms with Crippen LogP contribution >= 0.6 is 0 Å².